The molecule has 1 saturated heterocycles. The van der Waals surface area contributed by atoms with E-state index in [4.69, 9.17) is 18.9 Å². The summed E-state index contributed by atoms with van der Waals surface area (Å²) >= 11 is 0. The lowest BCUT2D eigenvalue weighted by Crippen LogP contribution is -2.54. The van der Waals surface area contributed by atoms with Crippen molar-refractivity contribution in [1.29, 1.82) is 0 Å². The number of alkyl carbamates (subject to hydrolysis) is 2. The predicted molar refractivity (Wildman–Crippen MR) is 228 cm³/mol. The average Bonchev–Trinajstić information content (AvgIpc) is 3.22. The van der Waals surface area contributed by atoms with Gasteiger partial charge in [0.15, 0.2) is 0 Å². The molecular weight excluding hydrogens is 767 g/mol. The zero-order valence-electron chi connectivity index (χ0n) is 36.0. The van der Waals surface area contributed by atoms with Gasteiger partial charge in [0.1, 0.15) is 30.0 Å². The van der Waals surface area contributed by atoms with Gasteiger partial charge in [-0.3, -0.25) is 4.79 Å². The molecule has 3 N–H and O–H groups in total. The maximum atomic E-state index is 13.7. The van der Waals surface area contributed by atoms with Gasteiger partial charge in [0.2, 0.25) is 5.91 Å². The Morgan fingerprint density at radius 3 is 2.25 bits per heavy atom. The fraction of sp³-hybridized carbons (Fsp3) is 0.500. The van der Waals surface area contributed by atoms with Crippen molar-refractivity contribution in [2.75, 3.05) is 39.9 Å². The number of nitrogens with one attached hydrogen (secondary N) is 3. The quantitative estimate of drug-likeness (QED) is 0.0860. The van der Waals surface area contributed by atoms with Gasteiger partial charge < -0.3 is 44.7 Å². The number of aryl methyl sites for hydroxylation is 2. The number of urea groups is 1. The highest BCUT2D eigenvalue weighted by Crippen LogP contribution is 2.23. The molecule has 0 aromatic heterocycles. The van der Waals surface area contributed by atoms with E-state index >= 15 is 0 Å². The second-order valence-corrected chi connectivity index (χ2v) is 16.1. The van der Waals surface area contributed by atoms with E-state index in [1.807, 2.05) is 90.7 Å². The Labute approximate surface area is 354 Å². The van der Waals surface area contributed by atoms with Crippen LogP contribution in [0.15, 0.2) is 78.9 Å². The van der Waals surface area contributed by atoms with Crippen LogP contribution in [-0.2, 0) is 43.4 Å². The van der Waals surface area contributed by atoms with E-state index in [-0.39, 0.29) is 38.1 Å². The number of nitrogens with zero attached hydrogens (tertiary/aromatic N) is 2. The second kappa shape index (κ2) is 23.7. The first-order chi connectivity index (χ1) is 28.7. The smallest absolute Gasteiger partial charge is 0.408 e. The van der Waals surface area contributed by atoms with Crippen LogP contribution in [0.25, 0.3) is 0 Å². The highest BCUT2D eigenvalue weighted by Gasteiger charge is 2.31. The number of rotatable bonds is 19. The van der Waals surface area contributed by atoms with Crippen molar-refractivity contribution < 1.29 is 42.9 Å². The molecule has 3 aromatic carbocycles. The molecule has 60 heavy (non-hydrogen) atoms. The van der Waals surface area contributed by atoms with Crippen molar-refractivity contribution in [3.63, 3.8) is 0 Å². The number of likely N-dealkylation sites (tertiary alicyclic amines) is 1. The van der Waals surface area contributed by atoms with E-state index in [0.717, 1.165) is 41.5 Å². The third-order valence-corrected chi connectivity index (χ3v) is 10.1. The molecule has 14 nitrogen and oxygen atoms in total. The number of hydrogen-bond acceptors (Lipinski definition) is 9. The molecule has 5 amide bonds. The minimum atomic E-state index is -1.10. The minimum absolute atomic E-state index is 0.0790. The fourth-order valence-corrected chi connectivity index (χ4v) is 6.79. The van der Waals surface area contributed by atoms with Crippen molar-refractivity contribution in [3.05, 3.63) is 101 Å². The first-order valence-electron chi connectivity index (χ1n) is 20.9. The zero-order valence-corrected chi connectivity index (χ0v) is 36.0. The van der Waals surface area contributed by atoms with Gasteiger partial charge in [-0.05, 0) is 113 Å². The normalized spacial score (nSPS) is 14.8. The van der Waals surface area contributed by atoms with Gasteiger partial charge in [-0.2, -0.15) is 0 Å². The van der Waals surface area contributed by atoms with E-state index in [1.54, 1.807) is 39.6 Å². The van der Waals surface area contributed by atoms with E-state index in [2.05, 4.69) is 16.0 Å². The Hall–Kier alpha value is -5.79. The summed E-state index contributed by atoms with van der Waals surface area (Å²) < 4.78 is 22.2. The average molecular weight is 830 g/mol. The fourth-order valence-electron chi connectivity index (χ4n) is 6.79. The summed E-state index contributed by atoms with van der Waals surface area (Å²) in [6.45, 7) is 11.3. The van der Waals surface area contributed by atoms with Gasteiger partial charge in [0.25, 0.3) is 0 Å². The standard InChI is InChI=1S/C46H63N5O9/c1-7-57-42(53)40(23-21-34-15-10-8-11-16-34)48-41(52)39(49-44(55)60-46(3,4)5)24-27-50(6)45(56)51-26-14-19-35(31-51)25-28-58-38-22-20-33(2)37(29-38)30-47-43(54)59-32-36-17-12-9-13-18-36/h8-13,15-18,20,22,29,35,39-40H,7,14,19,21,23-28,30-32H2,1-6H3,(H,47,54)(H,48,52)(H,49,55)/t35?,39-,40-/m0/s1. The Bertz CT molecular complexity index is 1840. The SMILES string of the molecule is CCOC(=O)[C@H](CCc1ccccc1)NC(=O)[C@H](CCN(C)C(=O)N1CCCC(CCOc2ccc(C)c(CNC(=O)OCc3ccccc3)c2)C1)NC(=O)OC(C)(C)C. The number of hydrogen-bond donors (Lipinski definition) is 3. The van der Waals surface area contributed by atoms with E-state index in [1.165, 1.54) is 0 Å². The molecule has 0 bridgehead atoms. The number of carbonyl (C=O) groups is 5. The number of esters is 1. The van der Waals surface area contributed by atoms with Crippen LogP contribution < -0.4 is 20.7 Å². The van der Waals surface area contributed by atoms with E-state index in [9.17, 15) is 24.0 Å². The molecule has 1 heterocycles. The molecule has 3 atom stereocenters. The maximum Gasteiger partial charge on any atom is 0.408 e. The molecule has 0 spiro atoms. The molecule has 3 aromatic rings. The molecule has 1 fully saturated rings. The molecule has 0 radical (unpaired) electrons. The van der Waals surface area contributed by atoms with Crippen LogP contribution in [-0.4, -0.2) is 97.5 Å². The summed E-state index contributed by atoms with van der Waals surface area (Å²) in [4.78, 5) is 68.9. The predicted octanol–water partition coefficient (Wildman–Crippen LogP) is 6.92. The van der Waals surface area contributed by atoms with Gasteiger partial charge in [0.05, 0.1) is 13.2 Å². The summed E-state index contributed by atoms with van der Waals surface area (Å²) in [7, 11) is 1.67. The molecule has 0 aliphatic carbocycles. The number of carbonyl (C=O) groups excluding carboxylic acids is 5. The van der Waals surface area contributed by atoms with Crippen LogP contribution in [0.5, 0.6) is 5.75 Å². The first-order valence-corrected chi connectivity index (χ1v) is 20.9. The van der Waals surface area contributed by atoms with Crippen molar-refractivity contribution >= 4 is 30.1 Å². The molecule has 1 unspecified atom stereocenters. The lowest BCUT2D eigenvalue weighted by atomic mass is 9.95. The largest absolute Gasteiger partial charge is 0.494 e. The van der Waals surface area contributed by atoms with E-state index < -0.39 is 41.7 Å². The summed E-state index contributed by atoms with van der Waals surface area (Å²) in [5.41, 5.74) is 3.04. The summed E-state index contributed by atoms with van der Waals surface area (Å²) in [6, 6.07) is 22.7. The summed E-state index contributed by atoms with van der Waals surface area (Å²) in [5, 5.41) is 8.26. The third kappa shape index (κ3) is 16.5. The molecule has 4 rings (SSSR count). The van der Waals surface area contributed by atoms with Crippen LogP contribution in [0.3, 0.4) is 0 Å². The monoisotopic (exact) mass is 829 g/mol. The van der Waals surface area contributed by atoms with Crippen LogP contribution >= 0.6 is 0 Å². The topological polar surface area (TPSA) is 165 Å². The van der Waals surface area contributed by atoms with Crippen LogP contribution in [0.1, 0.15) is 82.1 Å². The number of benzene rings is 3. The Balaban J connectivity index is 1.28. The maximum absolute atomic E-state index is 13.7. The molecular formula is C46H63N5O9. The third-order valence-electron chi connectivity index (χ3n) is 10.1. The Morgan fingerprint density at radius 2 is 1.57 bits per heavy atom. The van der Waals surface area contributed by atoms with Crippen LogP contribution in [0.4, 0.5) is 14.4 Å². The van der Waals surface area contributed by atoms with E-state index in [0.29, 0.717) is 44.8 Å². The van der Waals surface area contributed by atoms with Gasteiger partial charge in [-0.15, -0.1) is 0 Å². The van der Waals surface area contributed by atoms with Crippen molar-refractivity contribution in [3.8, 4) is 5.75 Å². The van der Waals surface area contributed by atoms with Crippen molar-refractivity contribution in [1.82, 2.24) is 25.8 Å². The Morgan fingerprint density at radius 1 is 0.867 bits per heavy atom. The lowest BCUT2D eigenvalue weighted by Gasteiger charge is -2.35. The van der Waals surface area contributed by atoms with Crippen molar-refractivity contribution in [2.45, 2.75) is 104 Å². The number of piperidine rings is 1. The molecule has 0 saturated carbocycles. The number of ether oxygens (including phenoxy) is 4. The van der Waals surface area contributed by atoms with Crippen LogP contribution in [0.2, 0.25) is 0 Å². The zero-order chi connectivity index (χ0) is 43.5. The van der Waals surface area contributed by atoms with Gasteiger partial charge >= 0.3 is 24.2 Å². The molecule has 1 aliphatic heterocycles. The molecule has 326 valence electrons. The second-order valence-electron chi connectivity index (χ2n) is 16.1. The highest BCUT2D eigenvalue weighted by molar-refractivity contribution is 5.89. The highest BCUT2D eigenvalue weighted by atomic mass is 16.6. The molecule has 14 heteroatoms. The van der Waals surface area contributed by atoms with Crippen LogP contribution in [0, 0.1) is 12.8 Å². The lowest BCUT2D eigenvalue weighted by molar-refractivity contribution is -0.147. The van der Waals surface area contributed by atoms with Gasteiger partial charge in [-0.1, -0.05) is 66.7 Å². The summed E-state index contributed by atoms with van der Waals surface area (Å²) in [5.74, 6) is -0.221. The Kier molecular flexibility index (Phi) is 18.5. The first kappa shape index (κ1) is 46.9. The van der Waals surface area contributed by atoms with Gasteiger partial charge in [0, 0.05) is 33.2 Å². The number of amides is 5. The molecule has 1 aliphatic rings. The summed E-state index contributed by atoms with van der Waals surface area (Å²) in [6.07, 6.45) is 2.16. The van der Waals surface area contributed by atoms with Crippen molar-refractivity contribution in [2.24, 2.45) is 5.92 Å². The van der Waals surface area contributed by atoms with Gasteiger partial charge in [-0.25, -0.2) is 19.2 Å². The minimum Gasteiger partial charge on any atom is -0.494 e.